The first-order valence-corrected chi connectivity index (χ1v) is 6.47. The standard InChI is InChI=1S/C12H12N4O4S/c1-6-3-4-7-8(10(6)15-13)5-9(21-20-19-18)11(12(7)17)16-14-2/h3-5,13,17-18H,1-2H3/i/hD. The van der Waals surface area contributed by atoms with Crippen LogP contribution in [0.4, 0.5) is 11.4 Å². The van der Waals surface area contributed by atoms with Crippen LogP contribution in [0.1, 0.15) is 5.56 Å². The lowest BCUT2D eigenvalue weighted by Gasteiger charge is -2.11. The molecule has 0 unspecified atom stereocenters. The Labute approximate surface area is 125 Å². The number of hydrogen-bond donors (Lipinski definition) is 3. The first kappa shape index (κ1) is 13.9. The molecule has 0 aliphatic carbocycles. The molecule has 110 valence electrons. The minimum Gasteiger partial charge on any atom is -0.505 e. The first-order chi connectivity index (χ1) is 10.6. The summed E-state index contributed by atoms with van der Waals surface area (Å²) in [7, 11) is 1.45. The smallest absolute Gasteiger partial charge is 0.214 e. The van der Waals surface area contributed by atoms with Gasteiger partial charge in [-0.25, -0.2) is 10.8 Å². The number of phenolic OH excluding ortho intramolecular Hbond substituents is 1. The van der Waals surface area contributed by atoms with Gasteiger partial charge in [0.05, 0.1) is 22.6 Å². The largest absolute Gasteiger partial charge is 0.505 e. The summed E-state index contributed by atoms with van der Waals surface area (Å²) >= 11 is 0.644. The maximum atomic E-state index is 10.4. The van der Waals surface area contributed by atoms with Crippen LogP contribution in [0, 0.1) is 12.4 Å². The summed E-state index contributed by atoms with van der Waals surface area (Å²) in [4.78, 5) is 0.344. The van der Waals surface area contributed by atoms with Crippen LogP contribution in [-0.4, -0.2) is 17.4 Å². The van der Waals surface area contributed by atoms with E-state index in [4.69, 9.17) is 6.67 Å². The van der Waals surface area contributed by atoms with Gasteiger partial charge in [0.15, 0.2) is 5.75 Å². The van der Waals surface area contributed by atoms with Crippen LogP contribution in [0.5, 0.6) is 5.75 Å². The molecule has 0 heterocycles. The van der Waals surface area contributed by atoms with Gasteiger partial charge in [0, 0.05) is 17.8 Å². The number of fused-ring (bicyclic) bond motifs is 1. The number of azo groups is 1. The van der Waals surface area contributed by atoms with Crippen molar-refractivity contribution in [1.82, 2.24) is 0 Å². The fourth-order valence-electron chi connectivity index (χ4n) is 1.96. The van der Waals surface area contributed by atoms with Crippen molar-refractivity contribution in [2.75, 3.05) is 7.05 Å². The third-order valence-electron chi connectivity index (χ3n) is 2.86. The van der Waals surface area contributed by atoms with Crippen LogP contribution in [0.2, 0.25) is 1.41 Å². The molecule has 0 aliphatic rings. The number of nitrogens with one attached hydrogen (secondary N) is 1. The zero-order valence-corrected chi connectivity index (χ0v) is 12.0. The van der Waals surface area contributed by atoms with Crippen molar-refractivity contribution in [2.24, 2.45) is 15.3 Å². The van der Waals surface area contributed by atoms with Crippen molar-refractivity contribution in [3.8, 4) is 5.75 Å². The number of hydrogen-bond acceptors (Lipinski definition) is 9. The van der Waals surface area contributed by atoms with E-state index in [9.17, 15) is 5.11 Å². The van der Waals surface area contributed by atoms with Gasteiger partial charge in [0.25, 0.3) is 0 Å². The second-order valence-corrected chi connectivity index (χ2v) is 4.77. The lowest BCUT2D eigenvalue weighted by atomic mass is 10.0. The van der Waals surface area contributed by atoms with Crippen LogP contribution in [0.15, 0.2) is 38.4 Å². The summed E-state index contributed by atoms with van der Waals surface area (Å²) in [5.41, 5.74) is 4.43. The molecule has 2 aromatic rings. The number of benzene rings is 2. The Morgan fingerprint density at radius 2 is 2.14 bits per heavy atom. The molecular formula is C12H12N4O4S. The highest BCUT2D eigenvalue weighted by molar-refractivity contribution is 7.94. The molecule has 9 heteroatoms. The number of aromatic hydroxyl groups is 1. The normalized spacial score (nSPS) is 12.6. The van der Waals surface area contributed by atoms with Gasteiger partial charge in [-0.15, -0.1) is 4.33 Å². The molecule has 0 spiro atoms. The Bertz CT molecular complexity index is 754. The average Bonchev–Trinajstić information content (AvgIpc) is 2.51. The summed E-state index contributed by atoms with van der Waals surface area (Å²) in [5.74, 6) is -0.131. The second-order valence-electron chi connectivity index (χ2n) is 4.02. The summed E-state index contributed by atoms with van der Waals surface area (Å²) in [5, 5.41) is 34.6. The fraction of sp³-hybridized carbons (Fsp3) is 0.167. The van der Waals surface area contributed by atoms with Crippen molar-refractivity contribution in [1.29, 1.82) is 5.52 Å². The van der Waals surface area contributed by atoms with Gasteiger partial charge in [0.1, 0.15) is 5.69 Å². The lowest BCUT2D eigenvalue weighted by molar-refractivity contribution is -0.432. The van der Waals surface area contributed by atoms with Crippen molar-refractivity contribution >= 4 is 34.2 Å². The molecule has 0 atom stereocenters. The zero-order chi connectivity index (χ0) is 16.1. The molecule has 2 rings (SSSR count). The topological polar surface area (TPSA) is 120 Å². The monoisotopic (exact) mass is 309 g/mol. The third kappa shape index (κ3) is 2.85. The highest BCUT2D eigenvalue weighted by atomic mass is 32.2. The quantitative estimate of drug-likeness (QED) is 0.321. The number of nitrogens with zero attached hydrogens (tertiary/aromatic N) is 3. The minimum absolute atomic E-state index is 0.131. The van der Waals surface area contributed by atoms with Gasteiger partial charge in [-0.05, 0) is 18.6 Å². The van der Waals surface area contributed by atoms with Gasteiger partial charge < -0.3 is 5.11 Å². The van der Waals surface area contributed by atoms with Gasteiger partial charge in [0.2, 0.25) is 1.41 Å². The van der Waals surface area contributed by atoms with E-state index in [-0.39, 0.29) is 11.4 Å². The molecule has 0 aromatic heterocycles. The predicted octanol–water partition coefficient (Wildman–Crippen LogP) is 4.66. The van der Waals surface area contributed by atoms with E-state index in [1.54, 1.807) is 25.1 Å². The molecule has 0 radical (unpaired) electrons. The molecule has 21 heavy (non-hydrogen) atoms. The van der Waals surface area contributed by atoms with Gasteiger partial charge in [-0.1, -0.05) is 17.2 Å². The third-order valence-corrected chi connectivity index (χ3v) is 3.48. The molecule has 2 aromatic carbocycles. The Balaban J connectivity index is 2.80. The average molecular weight is 309 g/mol. The Hall–Kier alpha value is -2.07. The van der Waals surface area contributed by atoms with Crippen LogP contribution in [-0.2, 0) is 9.37 Å². The van der Waals surface area contributed by atoms with E-state index in [1.165, 1.54) is 7.05 Å². The molecule has 0 aliphatic heterocycles. The molecule has 0 saturated carbocycles. The number of aryl methyl sites for hydroxylation is 1. The van der Waals surface area contributed by atoms with E-state index in [0.717, 1.165) is 5.56 Å². The molecular weight excluding hydrogens is 296 g/mol. The van der Waals surface area contributed by atoms with Gasteiger partial charge in [-0.2, -0.15) is 15.3 Å². The van der Waals surface area contributed by atoms with Gasteiger partial charge in [-0.3, -0.25) is 0 Å². The van der Waals surface area contributed by atoms with Crippen LogP contribution < -0.4 is 0 Å². The molecule has 0 fully saturated rings. The van der Waals surface area contributed by atoms with E-state index in [1.807, 2.05) is 0 Å². The summed E-state index contributed by atoms with van der Waals surface area (Å²) in [6, 6.07) is 5.08. The van der Waals surface area contributed by atoms with Crippen LogP contribution in [0.3, 0.4) is 0 Å². The number of rotatable bonds is 5. The molecule has 0 saturated heterocycles. The van der Waals surface area contributed by atoms with Crippen LogP contribution >= 0.6 is 12.0 Å². The molecule has 3 N–H and O–H groups in total. The predicted molar refractivity (Wildman–Crippen MR) is 76.3 cm³/mol. The summed E-state index contributed by atoms with van der Waals surface area (Å²) in [6.45, 7) is 1.81. The van der Waals surface area contributed by atoms with E-state index in [0.29, 0.717) is 33.4 Å². The summed E-state index contributed by atoms with van der Waals surface area (Å²) < 4.78 is 11.3. The number of phenols is 1. The fourth-order valence-corrected chi connectivity index (χ4v) is 2.44. The highest BCUT2D eigenvalue weighted by Crippen LogP contribution is 2.46. The molecule has 8 nitrogen and oxygen atoms in total. The van der Waals surface area contributed by atoms with Crippen molar-refractivity contribution in [3.63, 3.8) is 0 Å². The van der Waals surface area contributed by atoms with Gasteiger partial charge >= 0.3 is 0 Å². The van der Waals surface area contributed by atoms with E-state index in [2.05, 4.69) is 30.2 Å². The lowest BCUT2D eigenvalue weighted by Crippen LogP contribution is -1.85. The highest BCUT2D eigenvalue weighted by Gasteiger charge is 2.17. The Morgan fingerprint density at radius 3 is 2.81 bits per heavy atom. The zero-order valence-electron chi connectivity index (χ0n) is 12.1. The maximum Gasteiger partial charge on any atom is 0.214 e. The van der Waals surface area contributed by atoms with Crippen molar-refractivity contribution < 1.29 is 21.1 Å². The minimum atomic E-state index is -0.131. The van der Waals surface area contributed by atoms with Crippen molar-refractivity contribution in [3.05, 3.63) is 23.8 Å². The van der Waals surface area contributed by atoms with Crippen LogP contribution in [0.25, 0.3) is 10.8 Å². The Morgan fingerprint density at radius 1 is 1.33 bits per heavy atom. The van der Waals surface area contributed by atoms with E-state index >= 15 is 0 Å². The SMILES string of the molecule is [2H]N=Nc1c(C)ccc2c(O)c(N=NC)c(SOOO)cc12. The molecule has 0 amide bonds. The maximum absolute atomic E-state index is 10.4. The first-order valence-electron chi connectivity index (χ1n) is 6.17. The van der Waals surface area contributed by atoms with Crippen molar-refractivity contribution in [2.45, 2.75) is 11.8 Å². The molecule has 0 bridgehead atoms. The summed E-state index contributed by atoms with van der Waals surface area (Å²) in [6.07, 6.45) is 0. The second kappa shape index (κ2) is 6.59. The van der Waals surface area contributed by atoms with E-state index < -0.39 is 0 Å². The Kier molecular flexibility index (Phi) is 4.36.